The molecule has 0 atom stereocenters. The summed E-state index contributed by atoms with van der Waals surface area (Å²) in [5.74, 6) is -0.144. The zero-order valence-electron chi connectivity index (χ0n) is 12.4. The van der Waals surface area contributed by atoms with Crippen molar-refractivity contribution in [3.8, 4) is 11.5 Å². The third-order valence-corrected chi connectivity index (χ3v) is 4.88. The van der Waals surface area contributed by atoms with E-state index < -0.39 is 15.9 Å². The first kappa shape index (κ1) is 17.3. The summed E-state index contributed by atoms with van der Waals surface area (Å²) in [4.78, 5) is 12.3. The van der Waals surface area contributed by atoms with Gasteiger partial charge in [0.25, 0.3) is 15.9 Å². The molecule has 0 saturated heterocycles. The Hall–Kier alpha value is -2.06. The van der Waals surface area contributed by atoms with Crippen molar-refractivity contribution in [2.24, 2.45) is 0 Å². The molecule has 0 saturated carbocycles. The maximum atomic E-state index is 12.3. The number of sulfonamides is 1. The minimum absolute atomic E-state index is 0.0177. The Kier molecular flexibility index (Phi) is 5.27. The molecular weight excluding hydrogens is 386 g/mol. The van der Waals surface area contributed by atoms with Gasteiger partial charge in [0.2, 0.25) is 0 Å². The van der Waals surface area contributed by atoms with Crippen LogP contribution >= 0.6 is 15.9 Å². The molecule has 0 aliphatic rings. The first-order valence-electron chi connectivity index (χ1n) is 6.42. The molecule has 2 rings (SSSR count). The lowest BCUT2D eigenvalue weighted by atomic mass is 10.2. The van der Waals surface area contributed by atoms with Crippen molar-refractivity contribution in [1.29, 1.82) is 0 Å². The fourth-order valence-corrected chi connectivity index (χ4v) is 3.07. The monoisotopic (exact) mass is 399 g/mol. The SMILES string of the molecule is COc1ccc(OC)c(C(=O)NS(=O)(=O)c2ccc(Br)cc2)c1. The molecule has 23 heavy (non-hydrogen) atoms. The number of nitrogens with one attached hydrogen (secondary N) is 1. The molecule has 122 valence electrons. The van der Waals surface area contributed by atoms with Gasteiger partial charge in [-0.25, -0.2) is 13.1 Å². The van der Waals surface area contributed by atoms with Crippen molar-refractivity contribution in [3.63, 3.8) is 0 Å². The van der Waals surface area contributed by atoms with Gasteiger partial charge in [-0.15, -0.1) is 0 Å². The summed E-state index contributed by atoms with van der Waals surface area (Å²) in [6.45, 7) is 0. The van der Waals surface area contributed by atoms with Crippen LogP contribution in [0.4, 0.5) is 0 Å². The highest BCUT2D eigenvalue weighted by Gasteiger charge is 2.21. The van der Waals surface area contributed by atoms with Gasteiger partial charge in [0.05, 0.1) is 24.7 Å². The van der Waals surface area contributed by atoms with Gasteiger partial charge in [-0.05, 0) is 42.5 Å². The largest absolute Gasteiger partial charge is 0.497 e. The van der Waals surface area contributed by atoms with E-state index in [1.165, 1.54) is 38.5 Å². The molecule has 0 aromatic heterocycles. The van der Waals surface area contributed by atoms with Crippen molar-refractivity contribution in [3.05, 3.63) is 52.5 Å². The van der Waals surface area contributed by atoms with Gasteiger partial charge >= 0.3 is 0 Å². The van der Waals surface area contributed by atoms with Crippen molar-refractivity contribution < 1.29 is 22.7 Å². The normalized spacial score (nSPS) is 10.9. The smallest absolute Gasteiger partial charge is 0.268 e. The summed E-state index contributed by atoms with van der Waals surface area (Å²) in [7, 11) is -1.15. The predicted molar refractivity (Wildman–Crippen MR) is 88.3 cm³/mol. The molecule has 1 amide bonds. The summed E-state index contributed by atoms with van der Waals surface area (Å²) < 4.78 is 37.4. The van der Waals surface area contributed by atoms with E-state index in [0.29, 0.717) is 5.75 Å². The molecule has 0 spiro atoms. The molecule has 0 aliphatic carbocycles. The number of ether oxygens (including phenoxy) is 2. The van der Waals surface area contributed by atoms with Crippen LogP contribution in [0.1, 0.15) is 10.4 Å². The fraction of sp³-hybridized carbons (Fsp3) is 0.133. The highest BCUT2D eigenvalue weighted by atomic mass is 79.9. The average molecular weight is 400 g/mol. The number of hydrogen-bond acceptors (Lipinski definition) is 5. The van der Waals surface area contributed by atoms with Crippen molar-refractivity contribution in [1.82, 2.24) is 4.72 Å². The second kappa shape index (κ2) is 7.01. The quantitative estimate of drug-likeness (QED) is 0.835. The molecule has 2 aromatic carbocycles. The molecule has 0 unspecified atom stereocenters. The Balaban J connectivity index is 2.33. The molecule has 8 heteroatoms. The molecule has 2 aromatic rings. The maximum Gasteiger partial charge on any atom is 0.268 e. The Bertz CT molecular complexity index is 818. The number of halogens is 1. The van der Waals surface area contributed by atoms with Crippen LogP contribution in [0, 0.1) is 0 Å². The van der Waals surface area contributed by atoms with Gasteiger partial charge in [0, 0.05) is 4.47 Å². The minimum atomic E-state index is -3.99. The maximum absolute atomic E-state index is 12.3. The number of carbonyl (C=O) groups excluding carboxylic acids is 1. The summed E-state index contributed by atoms with van der Waals surface area (Å²) in [6.07, 6.45) is 0. The van der Waals surface area contributed by atoms with Crippen LogP contribution in [-0.2, 0) is 10.0 Å². The van der Waals surface area contributed by atoms with Crippen LogP contribution in [-0.4, -0.2) is 28.5 Å². The van der Waals surface area contributed by atoms with Crippen LogP contribution in [0.2, 0.25) is 0 Å². The molecule has 0 aliphatic heterocycles. The van der Waals surface area contributed by atoms with Crippen LogP contribution in [0.5, 0.6) is 11.5 Å². The Morgan fingerprint density at radius 3 is 2.26 bits per heavy atom. The number of hydrogen-bond donors (Lipinski definition) is 1. The number of carbonyl (C=O) groups is 1. The third kappa shape index (κ3) is 4.02. The predicted octanol–water partition coefficient (Wildman–Crippen LogP) is 2.59. The van der Waals surface area contributed by atoms with Crippen LogP contribution in [0.15, 0.2) is 51.8 Å². The molecule has 0 radical (unpaired) electrons. The lowest BCUT2D eigenvalue weighted by Crippen LogP contribution is -2.30. The van der Waals surface area contributed by atoms with E-state index in [1.807, 2.05) is 4.72 Å². The minimum Gasteiger partial charge on any atom is -0.497 e. The van der Waals surface area contributed by atoms with Gasteiger partial charge < -0.3 is 9.47 Å². The number of benzene rings is 2. The lowest BCUT2D eigenvalue weighted by Gasteiger charge is -2.11. The molecule has 6 nitrogen and oxygen atoms in total. The van der Waals surface area contributed by atoms with E-state index in [9.17, 15) is 13.2 Å². The first-order valence-corrected chi connectivity index (χ1v) is 8.69. The summed E-state index contributed by atoms with van der Waals surface area (Å²) in [6, 6.07) is 10.5. The Morgan fingerprint density at radius 1 is 1.04 bits per heavy atom. The van der Waals surface area contributed by atoms with Gasteiger partial charge in [0.15, 0.2) is 0 Å². The number of amides is 1. The number of rotatable bonds is 5. The topological polar surface area (TPSA) is 81.7 Å². The zero-order valence-corrected chi connectivity index (χ0v) is 14.8. The summed E-state index contributed by atoms with van der Waals surface area (Å²) in [5.41, 5.74) is 0.0625. The highest BCUT2D eigenvalue weighted by molar-refractivity contribution is 9.10. The van der Waals surface area contributed by atoms with E-state index in [4.69, 9.17) is 9.47 Å². The highest BCUT2D eigenvalue weighted by Crippen LogP contribution is 2.24. The van der Waals surface area contributed by atoms with Gasteiger partial charge in [-0.2, -0.15) is 0 Å². The standard InChI is InChI=1S/C15H14BrNO5S/c1-21-11-5-8-14(22-2)13(9-11)15(18)17-23(19,20)12-6-3-10(16)4-7-12/h3-9H,1-2H3,(H,17,18). The second-order valence-electron chi connectivity index (χ2n) is 4.45. The van der Waals surface area contributed by atoms with Gasteiger partial charge in [0.1, 0.15) is 11.5 Å². The van der Waals surface area contributed by atoms with Crippen molar-refractivity contribution >= 4 is 31.9 Å². The zero-order chi connectivity index (χ0) is 17.0. The van der Waals surface area contributed by atoms with E-state index in [0.717, 1.165) is 4.47 Å². The van der Waals surface area contributed by atoms with Crippen LogP contribution < -0.4 is 14.2 Å². The van der Waals surface area contributed by atoms with Crippen LogP contribution in [0.25, 0.3) is 0 Å². The summed E-state index contributed by atoms with van der Waals surface area (Å²) in [5, 5.41) is 0. The van der Waals surface area contributed by atoms with Gasteiger partial charge in [-0.3, -0.25) is 4.79 Å². The lowest BCUT2D eigenvalue weighted by molar-refractivity contribution is 0.0978. The Labute approximate surface area is 142 Å². The third-order valence-electron chi connectivity index (χ3n) is 3.00. The molecule has 0 heterocycles. The molecule has 0 bridgehead atoms. The second-order valence-corrected chi connectivity index (χ2v) is 7.05. The van der Waals surface area contributed by atoms with E-state index in [2.05, 4.69) is 15.9 Å². The molecule has 1 N–H and O–H groups in total. The molecular formula is C15H14BrNO5S. The van der Waals surface area contributed by atoms with Crippen molar-refractivity contribution in [2.45, 2.75) is 4.90 Å². The number of methoxy groups -OCH3 is 2. The average Bonchev–Trinajstić information content (AvgIpc) is 2.54. The van der Waals surface area contributed by atoms with Gasteiger partial charge in [-0.1, -0.05) is 15.9 Å². The first-order chi connectivity index (χ1) is 10.9. The Morgan fingerprint density at radius 2 is 1.70 bits per heavy atom. The van der Waals surface area contributed by atoms with Crippen molar-refractivity contribution in [2.75, 3.05) is 14.2 Å². The van der Waals surface area contributed by atoms with Crippen LogP contribution in [0.3, 0.4) is 0 Å². The molecule has 0 fully saturated rings. The van der Waals surface area contributed by atoms with E-state index >= 15 is 0 Å². The van der Waals surface area contributed by atoms with E-state index in [1.54, 1.807) is 18.2 Å². The fourth-order valence-electron chi connectivity index (χ4n) is 1.84. The summed E-state index contributed by atoms with van der Waals surface area (Å²) >= 11 is 3.22. The van der Waals surface area contributed by atoms with E-state index in [-0.39, 0.29) is 16.2 Å².